The van der Waals surface area contributed by atoms with E-state index in [0.29, 0.717) is 12.0 Å². The fourth-order valence-electron chi connectivity index (χ4n) is 3.71. The van der Waals surface area contributed by atoms with Gasteiger partial charge in [-0.05, 0) is 18.8 Å². The average Bonchev–Trinajstić information content (AvgIpc) is 3.12. The van der Waals surface area contributed by atoms with E-state index < -0.39 is 5.91 Å². The van der Waals surface area contributed by atoms with Crippen LogP contribution in [0.3, 0.4) is 0 Å². The summed E-state index contributed by atoms with van der Waals surface area (Å²) >= 11 is 0. The topological polar surface area (TPSA) is 90.4 Å². The molecule has 1 saturated carbocycles. The Balaban J connectivity index is 1.51. The van der Waals surface area contributed by atoms with Gasteiger partial charge < -0.3 is 10.2 Å². The van der Waals surface area contributed by atoms with Gasteiger partial charge in [0.05, 0.1) is 5.56 Å². The van der Waals surface area contributed by atoms with E-state index >= 15 is 0 Å². The van der Waals surface area contributed by atoms with Crippen molar-refractivity contribution < 1.29 is 10.0 Å². The number of nitrogens with zero attached hydrogens (tertiary/aromatic N) is 3. The normalized spacial score (nSPS) is 30.7. The summed E-state index contributed by atoms with van der Waals surface area (Å²) in [6.45, 7) is 1.93. The number of hydrogen-bond acceptors (Lipinski definition) is 6. The fourth-order valence-corrected chi connectivity index (χ4v) is 3.71. The molecule has 3 heterocycles. The molecular formula is C14H19N5O2. The molecule has 21 heavy (non-hydrogen) atoms. The van der Waals surface area contributed by atoms with E-state index in [-0.39, 0.29) is 11.1 Å². The molecule has 1 aromatic heterocycles. The van der Waals surface area contributed by atoms with Gasteiger partial charge in [0.15, 0.2) is 0 Å². The maximum atomic E-state index is 11.3. The van der Waals surface area contributed by atoms with Crippen LogP contribution in [0.4, 0.5) is 5.95 Å². The Morgan fingerprint density at radius 3 is 2.90 bits per heavy atom. The number of carbonyl (C=O) groups is 1. The maximum Gasteiger partial charge on any atom is 0.277 e. The number of aromatic nitrogens is 2. The molecule has 7 heteroatoms. The standard InChI is InChI=1S/C14H19N5O2/c20-12(18-21)10-5-15-13(16-6-10)19-8-14(3-9-1-2-9)4-11(19)7-17-14/h5-6,9,11,17,21H,1-4,7-8H2,(H,18,20). The van der Waals surface area contributed by atoms with Crippen molar-refractivity contribution in [1.82, 2.24) is 20.8 Å². The highest BCUT2D eigenvalue weighted by Gasteiger charge is 2.51. The third kappa shape index (κ3) is 2.26. The molecule has 0 aromatic carbocycles. The lowest BCUT2D eigenvalue weighted by atomic mass is 9.93. The number of hydroxylamine groups is 1. The summed E-state index contributed by atoms with van der Waals surface area (Å²) in [5.41, 5.74) is 2.08. The average molecular weight is 289 g/mol. The first kappa shape index (κ1) is 13.0. The third-order valence-electron chi connectivity index (χ3n) is 4.89. The Morgan fingerprint density at radius 1 is 1.48 bits per heavy atom. The number of nitrogens with one attached hydrogen (secondary N) is 2. The smallest absolute Gasteiger partial charge is 0.277 e. The Labute approximate surface area is 122 Å². The monoisotopic (exact) mass is 289 g/mol. The van der Waals surface area contributed by atoms with Crippen LogP contribution in [0.25, 0.3) is 0 Å². The molecule has 112 valence electrons. The van der Waals surface area contributed by atoms with Gasteiger partial charge in [-0.15, -0.1) is 0 Å². The molecule has 3 fully saturated rings. The zero-order valence-electron chi connectivity index (χ0n) is 11.7. The van der Waals surface area contributed by atoms with Gasteiger partial charge in [0, 0.05) is 37.1 Å². The van der Waals surface area contributed by atoms with Gasteiger partial charge in [0.2, 0.25) is 5.95 Å². The number of carbonyl (C=O) groups excluding carboxylic acids is 1. The maximum absolute atomic E-state index is 11.3. The van der Waals surface area contributed by atoms with Crippen molar-refractivity contribution in [2.24, 2.45) is 5.92 Å². The van der Waals surface area contributed by atoms with Gasteiger partial charge in [0.25, 0.3) is 5.91 Å². The molecule has 7 nitrogen and oxygen atoms in total. The lowest BCUT2D eigenvalue weighted by Gasteiger charge is -2.33. The second kappa shape index (κ2) is 4.64. The highest BCUT2D eigenvalue weighted by Crippen LogP contribution is 2.44. The Kier molecular flexibility index (Phi) is 2.87. The SMILES string of the molecule is O=C(NO)c1cnc(N2CC3(CC4CC4)CC2CN3)nc1. The highest BCUT2D eigenvalue weighted by atomic mass is 16.5. The predicted molar refractivity (Wildman–Crippen MR) is 75.1 cm³/mol. The highest BCUT2D eigenvalue weighted by molar-refractivity contribution is 5.92. The number of amides is 1. The minimum absolute atomic E-state index is 0.232. The minimum Gasteiger partial charge on any atom is -0.335 e. The largest absolute Gasteiger partial charge is 0.335 e. The Bertz CT molecular complexity index is 559. The van der Waals surface area contributed by atoms with Crippen molar-refractivity contribution in [3.8, 4) is 0 Å². The van der Waals surface area contributed by atoms with Crippen LogP contribution in [-0.4, -0.2) is 45.8 Å². The van der Waals surface area contributed by atoms with E-state index in [1.807, 2.05) is 0 Å². The lowest BCUT2D eigenvalue weighted by Crippen LogP contribution is -2.52. The van der Waals surface area contributed by atoms with Crippen molar-refractivity contribution in [3.05, 3.63) is 18.0 Å². The van der Waals surface area contributed by atoms with Crippen LogP contribution in [0, 0.1) is 5.92 Å². The van der Waals surface area contributed by atoms with Gasteiger partial charge in [-0.3, -0.25) is 10.0 Å². The van der Waals surface area contributed by atoms with Crippen LogP contribution < -0.4 is 15.7 Å². The first-order valence-electron chi connectivity index (χ1n) is 7.47. The zero-order chi connectivity index (χ0) is 14.4. The molecule has 0 spiro atoms. The number of anilines is 1. The van der Waals surface area contributed by atoms with Crippen LogP contribution in [0.1, 0.15) is 36.0 Å². The first-order chi connectivity index (χ1) is 10.2. The molecule has 2 saturated heterocycles. The molecule has 1 amide bonds. The van der Waals surface area contributed by atoms with Crippen molar-refractivity contribution in [2.75, 3.05) is 18.0 Å². The summed E-state index contributed by atoms with van der Waals surface area (Å²) in [7, 11) is 0. The molecule has 3 aliphatic rings. The van der Waals surface area contributed by atoms with Crippen LogP contribution in [0.15, 0.2) is 12.4 Å². The lowest BCUT2D eigenvalue weighted by molar-refractivity contribution is 0.0705. The van der Waals surface area contributed by atoms with E-state index in [1.165, 1.54) is 31.7 Å². The number of rotatable bonds is 4. The second-order valence-electron chi connectivity index (χ2n) is 6.51. The summed E-state index contributed by atoms with van der Waals surface area (Å²) in [5, 5.41) is 12.3. The molecular weight excluding hydrogens is 270 g/mol. The summed E-state index contributed by atoms with van der Waals surface area (Å²) in [6.07, 6.45) is 8.07. The van der Waals surface area contributed by atoms with E-state index in [4.69, 9.17) is 5.21 Å². The number of hydrogen-bond donors (Lipinski definition) is 3. The molecule has 0 radical (unpaired) electrons. The molecule has 2 aliphatic heterocycles. The van der Waals surface area contributed by atoms with Crippen LogP contribution >= 0.6 is 0 Å². The van der Waals surface area contributed by atoms with Crippen LogP contribution in [-0.2, 0) is 0 Å². The van der Waals surface area contributed by atoms with Crippen LogP contribution in [0.2, 0.25) is 0 Å². The van der Waals surface area contributed by atoms with Gasteiger partial charge >= 0.3 is 0 Å². The number of fused-ring (bicyclic) bond motifs is 2. The Hall–Kier alpha value is -1.73. The molecule has 2 atom stereocenters. The fraction of sp³-hybridized carbons (Fsp3) is 0.643. The zero-order valence-corrected chi connectivity index (χ0v) is 11.7. The molecule has 4 rings (SSSR count). The van der Waals surface area contributed by atoms with Gasteiger partial charge in [0.1, 0.15) is 0 Å². The summed E-state index contributed by atoms with van der Waals surface area (Å²) in [4.78, 5) is 22.1. The predicted octanol–water partition coefficient (Wildman–Crippen LogP) is 0.316. The van der Waals surface area contributed by atoms with Gasteiger partial charge in [-0.2, -0.15) is 0 Å². The molecule has 3 N–H and O–H groups in total. The van der Waals surface area contributed by atoms with Gasteiger partial charge in [-0.1, -0.05) is 12.8 Å². The minimum atomic E-state index is -0.587. The number of piperazine rings is 1. The van der Waals surface area contributed by atoms with E-state index in [1.54, 1.807) is 5.48 Å². The summed E-state index contributed by atoms with van der Waals surface area (Å²) in [6, 6.07) is 0.446. The molecule has 1 aliphatic carbocycles. The second-order valence-corrected chi connectivity index (χ2v) is 6.51. The quantitative estimate of drug-likeness (QED) is 0.546. The van der Waals surface area contributed by atoms with Gasteiger partial charge in [-0.25, -0.2) is 15.4 Å². The van der Waals surface area contributed by atoms with Crippen molar-refractivity contribution in [1.29, 1.82) is 0 Å². The molecule has 2 bridgehead atoms. The first-order valence-corrected chi connectivity index (χ1v) is 7.47. The van der Waals surface area contributed by atoms with Crippen molar-refractivity contribution in [2.45, 2.75) is 37.3 Å². The van der Waals surface area contributed by atoms with E-state index in [9.17, 15) is 4.79 Å². The van der Waals surface area contributed by atoms with Crippen molar-refractivity contribution in [3.63, 3.8) is 0 Å². The third-order valence-corrected chi connectivity index (χ3v) is 4.89. The molecule has 1 aromatic rings. The van der Waals surface area contributed by atoms with E-state index in [0.717, 1.165) is 25.4 Å². The van der Waals surface area contributed by atoms with Crippen LogP contribution in [0.5, 0.6) is 0 Å². The summed E-state index contributed by atoms with van der Waals surface area (Å²) < 4.78 is 0. The van der Waals surface area contributed by atoms with E-state index in [2.05, 4.69) is 20.2 Å². The molecule has 2 unspecified atom stereocenters. The Morgan fingerprint density at radius 2 is 2.24 bits per heavy atom. The summed E-state index contributed by atoms with van der Waals surface area (Å²) in [5.74, 6) is 0.984. The van der Waals surface area contributed by atoms with Crippen molar-refractivity contribution >= 4 is 11.9 Å².